The molecule has 2 aliphatic rings. The summed E-state index contributed by atoms with van der Waals surface area (Å²) in [5.74, 6) is 2.54. The summed E-state index contributed by atoms with van der Waals surface area (Å²) in [6, 6.07) is 7.36. The first kappa shape index (κ1) is 30.8. The monoisotopic (exact) mass is 616 g/mol. The van der Waals surface area contributed by atoms with Crippen LogP contribution in [-0.2, 0) is 23.4 Å². The molecule has 0 amide bonds. The van der Waals surface area contributed by atoms with Gasteiger partial charge >= 0.3 is 13.7 Å². The van der Waals surface area contributed by atoms with Crippen LogP contribution in [0, 0.1) is 19.3 Å². The SMILES string of the molecule is C#C[C@@]1(F)[C@H](O)[C@@H](CO[P@@](=O)(N[C@H](C)C(=O)OCC)Oc2ccccc2)O[C@H]1n1cnc2c(N(C)C3CC3)nc(C)nc21. The van der Waals surface area contributed by atoms with E-state index < -0.39 is 50.5 Å². The number of benzene rings is 1. The van der Waals surface area contributed by atoms with Crippen LogP contribution in [0.4, 0.5) is 10.2 Å². The highest BCUT2D eigenvalue weighted by Crippen LogP contribution is 2.48. The minimum Gasteiger partial charge on any atom is -0.465 e. The molecular formula is C28H34FN6O7P. The zero-order valence-corrected chi connectivity index (χ0v) is 25.1. The Balaban J connectivity index is 1.41. The van der Waals surface area contributed by atoms with Crippen molar-refractivity contribution in [3.8, 4) is 18.1 Å². The minimum absolute atomic E-state index is 0.107. The van der Waals surface area contributed by atoms with Crippen molar-refractivity contribution in [2.45, 2.75) is 69.8 Å². The molecule has 2 N–H and O–H groups in total. The molecule has 13 nitrogen and oxygen atoms in total. The van der Waals surface area contributed by atoms with Gasteiger partial charge in [-0.3, -0.25) is 13.9 Å². The Bertz CT molecular complexity index is 1560. The van der Waals surface area contributed by atoms with Gasteiger partial charge in [-0.15, -0.1) is 6.42 Å². The molecule has 0 bridgehead atoms. The van der Waals surface area contributed by atoms with Gasteiger partial charge in [-0.05, 0) is 45.7 Å². The summed E-state index contributed by atoms with van der Waals surface area (Å²) in [6.07, 6.45) is 4.14. The molecule has 6 atom stereocenters. The predicted octanol–water partition coefficient (Wildman–Crippen LogP) is 3.08. The van der Waals surface area contributed by atoms with Crippen LogP contribution in [-0.4, -0.2) is 80.8 Å². The molecule has 0 unspecified atom stereocenters. The summed E-state index contributed by atoms with van der Waals surface area (Å²) >= 11 is 0. The van der Waals surface area contributed by atoms with Crippen molar-refractivity contribution in [1.82, 2.24) is 24.6 Å². The van der Waals surface area contributed by atoms with Gasteiger partial charge in [0.1, 0.15) is 29.8 Å². The molecule has 3 aromatic rings. The Hall–Kier alpha value is -3.60. The van der Waals surface area contributed by atoms with E-state index in [-0.39, 0.29) is 18.0 Å². The number of carbonyl (C=O) groups excluding carboxylic acids is 1. The lowest BCUT2D eigenvalue weighted by atomic mass is 9.97. The lowest BCUT2D eigenvalue weighted by molar-refractivity contribution is -0.144. The maximum Gasteiger partial charge on any atom is 0.459 e. The van der Waals surface area contributed by atoms with Crippen LogP contribution in [0.5, 0.6) is 5.75 Å². The van der Waals surface area contributed by atoms with Gasteiger partial charge in [0.25, 0.3) is 0 Å². The van der Waals surface area contributed by atoms with Gasteiger partial charge in [0.05, 0.1) is 19.5 Å². The van der Waals surface area contributed by atoms with Crippen molar-refractivity contribution < 1.29 is 37.4 Å². The Labute approximate surface area is 248 Å². The van der Waals surface area contributed by atoms with E-state index in [0.29, 0.717) is 23.2 Å². The zero-order valence-electron chi connectivity index (χ0n) is 24.2. The van der Waals surface area contributed by atoms with E-state index in [1.807, 2.05) is 17.9 Å². The van der Waals surface area contributed by atoms with Crippen molar-refractivity contribution in [3.05, 3.63) is 42.5 Å². The number of para-hydroxylation sites is 1. The summed E-state index contributed by atoms with van der Waals surface area (Å²) in [7, 11) is -2.40. The Kier molecular flexibility index (Phi) is 8.74. The first-order valence-corrected chi connectivity index (χ1v) is 15.4. The van der Waals surface area contributed by atoms with Crippen molar-refractivity contribution in [2.75, 3.05) is 25.2 Å². The number of hydrogen-bond acceptors (Lipinski definition) is 11. The third kappa shape index (κ3) is 6.23. The second-order valence-corrected chi connectivity index (χ2v) is 12.1. The molecule has 43 heavy (non-hydrogen) atoms. The molecule has 2 fully saturated rings. The van der Waals surface area contributed by atoms with E-state index in [2.05, 4.69) is 20.0 Å². The molecular weight excluding hydrogens is 582 g/mol. The topological polar surface area (TPSA) is 150 Å². The van der Waals surface area contributed by atoms with Crippen LogP contribution in [0.3, 0.4) is 0 Å². The molecule has 0 radical (unpaired) electrons. The number of terminal acetylenes is 1. The van der Waals surface area contributed by atoms with Crippen molar-refractivity contribution in [3.63, 3.8) is 0 Å². The smallest absolute Gasteiger partial charge is 0.459 e. The molecule has 15 heteroatoms. The number of hydrogen-bond donors (Lipinski definition) is 2. The summed E-state index contributed by atoms with van der Waals surface area (Å²) in [6.45, 7) is 4.26. The highest BCUT2D eigenvalue weighted by Gasteiger charge is 2.58. The van der Waals surface area contributed by atoms with E-state index in [0.717, 1.165) is 12.8 Å². The number of nitrogens with one attached hydrogen (secondary N) is 1. The fraction of sp³-hybridized carbons (Fsp3) is 0.500. The number of esters is 1. The van der Waals surface area contributed by atoms with E-state index in [4.69, 9.17) is 24.9 Å². The Morgan fingerprint density at radius 1 is 1.37 bits per heavy atom. The third-order valence-electron chi connectivity index (χ3n) is 7.23. The molecule has 1 saturated heterocycles. The molecule has 5 rings (SSSR count). The number of nitrogens with zero attached hydrogens (tertiary/aromatic N) is 5. The number of aliphatic hydroxyl groups is 1. The number of rotatable bonds is 12. The van der Waals surface area contributed by atoms with Crippen LogP contribution < -0.4 is 14.5 Å². The third-order valence-corrected chi connectivity index (χ3v) is 8.88. The summed E-state index contributed by atoms with van der Waals surface area (Å²) < 4.78 is 53.6. The van der Waals surface area contributed by atoms with Gasteiger partial charge in [0.2, 0.25) is 5.67 Å². The molecule has 3 heterocycles. The van der Waals surface area contributed by atoms with Crippen LogP contribution in [0.25, 0.3) is 11.2 Å². The summed E-state index contributed by atoms with van der Waals surface area (Å²) in [5, 5.41) is 13.6. The van der Waals surface area contributed by atoms with Gasteiger partial charge in [0, 0.05) is 13.1 Å². The first-order chi connectivity index (χ1) is 20.5. The first-order valence-electron chi connectivity index (χ1n) is 13.9. The zero-order chi connectivity index (χ0) is 30.9. The number of anilines is 1. The number of ether oxygens (including phenoxy) is 2. The standard InChI is InChI=1S/C28H34FN6O7P/c1-6-28(29)23(36)21(15-40-43(38,33-17(3)26(37)39-7-2)42-20-11-9-8-10-12-20)41-27(28)35-16-30-22-24(34(5)19-13-14-19)31-18(4)32-25(22)35/h1,8-12,16-17,19,21,23,27,36H,7,13-15H2,2-5H3,(H,33,38)/t17-,21-,23-,27-,28-,43+/m1/s1. The lowest BCUT2D eigenvalue weighted by Crippen LogP contribution is -2.42. The fourth-order valence-electron chi connectivity index (χ4n) is 4.81. The van der Waals surface area contributed by atoms with Crippen LogP contribution in [0.15, 0.2) is 36.7 Å². The average molecular weight is 617 g/mol. The predicted molar refractivity (Wildman–Crippen MR) is 154 cm³/mol. The Morgan fingerprint density at radius 3 is 2.74 bits per heavy atom. The number of fused-ring (bicyclic) bond motifs is 1. The summed E-state index contributed by atoms with van der Waals surface area (Å²) in [4.78, 5) is 27.7. The van der Waals surface area contributed by atoms with E-state index in [1.54, 1.807) is 32.0 Å². The molecule has 1 saturated carbocycles. The van der Waals surface area contributed by atoms with Crippen LogP contribution in [0.2, 0.25) is 0 Å². The molecule has 230 valence electrons. The molecule has 1 aliphatic heterocycles. The average Bonchev–Trinajstić information content (AvgIpc) is 3.71. The number of carbonyl (C=O) groups is 1. The normalized spacial score (nSPS) is 25.6. The maximum atomic E-state index is 16.4. The highest BCUT2D eigenvalue weighted by atomic mass is 31.2. The lowest BCUT2D eigenvalue weighted by Gasteiger charge is -2.25. The molecule has 1 aromatic carbocycles. The van der Waals surface area contributed by atoms with Crippen LogP contribution in [0.1, 0.15) is 38.7 Å². The maximum absolute atomic E-state index is 16.4. The van der Waals surface area contributed by atoms with Gasteiger partial charge < -0.3 is 24.0 Å². The largest absolute Gasteiger partial charge is 0.465 e. The minimum atomic E-state index is -4.31. The van der Waals surface area contributed by atoms with E-state index >= 15 is 4.39 Å². The van der Waals surface area contributed by atoms with Gasteiger partial charge in [0.15, 0.2) is 23.2 Å². The van der Waals surface area contributed by atoms with Gasteiger partial charge in [-0.2, -0.15) is 5.09 Å². The van der Waals surface area contributed by atoms with Crippen LogP contribution >= 0.6 is 7.75 Å². The number of imidazole rings is 1. The number of alkyl halides is 1. The summed E-state index contributed by atoms with van der Waals surface area (Å²) in [5.41, 5.74) is -2.04. The molecule has 0 spiro atoms. The van der Waals surface area contributed by atoms with Crippen molar-refractivity contribution in [1.29, 1.82) is 0 Å². The number of aromatic nitrogens is 4. The number of aryl methyl sites for hydroxylation is 1. The van der Waals surface area contributed by atoms with Gasteiger partial charge in [-0.25, -0.2) is 23.9 Å². The van der Waals surface area contributed by atoms with E-state index in [1.165, 1.54) is 30.0 Å². The van der Waals surface area contributed by atoms with Crippen molar-refractivity contribution in [2.24, 2.45) is 0 Å². The number of aliphatic hydroxyl groups excluding tert-OH is 1. The quantitative estimate of drug-likeness (QED) is 0.175. The Morgan fingerprint density at radius 2 is 2.09 bits per heavy atom. The molecule has 1 aliphatic carbocycles. The fourth-order valence-corrected chi connectivity index (χ4v) is 6.31. The second-order valence-electron chi connectivity index (χ2n) is 10.4. The second kappa shape index (κ2) is 12.2. The van der Waals surface area contributed by atoms with Crippen molar-refractivity contribution >= 4 is 30.7 Å². The van der Waals surface area contributed by atoms with E-state index in [9.17, 15) is 14.5 Å². The molecule has 2 aromatic heterocycles. The number of halogens is 1. The van der Waals surface area contributed by atoms with Gasteiger partial charge in [-0.1, -0.05) is 24.1 Å². The highest BCUT2D eigenvalue weighted by molar-refractivity contribution is 7.52.